The molecule has 2 unspecified atom stereocenters. The van der Waals surface area contributed by atoms with Crippen molar-refractivity contribution >= 4 is 17.7 Å². The molecule has 0 N–H and O–H groups in total. The van der Waals surface area contributed by atoms with Crippen molar-refractivity contribution in [1.82, 2.24) is 9.80 Å². The van der Waals surface area contributed by atoms with Crippen molar-refractivity contribution < 1.29 is 14.3 Å². The van der Waals surface area contributed by atoms with E-state index in [0.29, 0.717) is 24.7 Å². The molecule has 1 spiro atoms. The Balaban J connectivity index is 1.19. The lowest BCUT2D eigenvalue weighted by Crippen LogP contribution is -2.50. The molecule has 2 bridgehead atoms. The Hall–Kier alpha value is -2.34. The van der Waals surface area contributed by atoms with E-state index in [1.165, 1.54) is 5.56 Å². The maximum atomic E-state index is 12.8. The molecule has 0 saturated carbocycles. The molecule has 0 radical (unpaired) electrons. The minimum Gasteiger partial charge on any atom is -0.445 e. The van der Waals surface area contributed by atoms with Gasteiger partial charge in [-0.2, -0.15) is 0 Å². The van der Waals surface area contributed by atoms with Gasteiger partial charge in [-0.3, -0.25) is 4.79 Å². The Labute approximate surface area is 210 Å². The molecule has 5 rings (SSSR count). The van der Waals surface area contributed by atoms with Gasteiger partial charge < -0.3 is 19.4 Å². The summed E-state index contributed by atoms with van der Waals surface area (Å²) in [5.74, 6) is 0.150. The van der Waals surface area contributed by atoms with Crippen LogP contribution in [0.1, 0.15) is 77.2 Å². The topological polar surface area (TPSA) is 53.1 Å². The van der Waals surface area contributed by atoms with Gasteiger partial charge in [-0.05, 0) is 82.5 Å². The molecule has 6 nitrogen and oxygen atoms in total. The monoisotopic (exact) mass is 479 g/mol. The highest BCUT2D eigenvalue weighted by Gasteiger charge is 2.47. The first-order valence-corrected chi connectivity index (χ1v) is 13.7. The van der Waals surface area contributed by atoms with Gasteiger partial charge in [0, 0.05) is 42.7 Å². The first kappa shape index (κ1) is 24.4. The number of rotatable bonds is 4. The van der Waals surface area contributed by atoms with Crippen molar-refractivity contribution in [2.75, 3.05) is 31.1 Å². The average Bonchev–Trinajstić information content (AvgIpc) is 3.43. The molecule has 1 aromatic carbocycles. The molecule has 35 heavy (non-hydrogen) atoms. The number of anilines is 1. The van der Waals surface area contributed by atoms with Crippen LogP contribution in [0.5, 0.6) is 0 Å². The van der Waals surface area contributed by atoms with Crippen molar-refractivity contribution in [2.24, 2.45) is 0 Å². The number of hydrogen-bond acceptors (Lipinski definition) is 4. The highest BCUT2D eigenvalue weighted by atomic mass is 16.6. The van der Waals surface area contributed by atoms with Crippen LogP contribution in [0, 0.1) is 0 Å². The van der Waals surface area contributed by atoms with Gasteiger partial charge in [0.1, 0.15) is 6.61 Å². The van der Waals surface area contributed by atoms with Crippen molar-refractivity contribution in [3.05, 3.63) is 42.0 Å². The fourth-order valence-electron chi connectivity index (χ4n) is 7.19. The quantitative estimate of drug-likeness (QED) is 0.553. The second-order valence-corrected chi connectivity index (χ2v) is 11.0. The van der Waals surface area contributed by atoms with Gasteiger partial charge >= 0.3 is 6.09 Å². The van der Waals surface area contributed by atoms with E-state index in [2.05, 4.69) is 34.9 Å². The molecule has 3 fully saturated rings. The van der Waals surface area contributed by atoms with Crippen molar-refractivity contribution in [1.29, 1.82) is 0 Å². The number of benzene rings is 1. The van der Waals surface area contributed by atoms with E-state index in [4.69, 9.17) is 4.74 Å². The van der Waals surface area contributed by atoms with Crippen molar-refractivity contribution in [2.45, 2.75) is 95.2 Å². The smallest absolute Gasteiger partial charge is 0.410 e. The normalized spacial score (nSPS) is 28.2. The van der Waals surface area contributed by atoms with Gasteiger partial charge in [0.05, 0.1) is 0 Å². The number of hydrogen-bond donors (Lipinski definition) is 0. The number of nitrogens with zero attached hydrogens (tertiary/aromatic N) is 3. The SMILES string of the molecule is CCC=CCOC(=O)N1C2CCC(N3CCC4(CC3)CN(C(C)=O)c3ccccc34)CCC1CC2. The molecule has 0 aromatic heterocycles. The molecule has 4 heterocycles. The highest BCUT2D eigenvalue weighted by molar-refractivity contribution is 5.94. The lowest BCUT2D eigenvalue weighted by atomic mass is 9.74. The average molecular weight is 480 g/mol. The van der Waals surface area contributed by atoms with Crippen molar-refractivity contribution in [3.8, 4) is 0 Å². The van der Waals surface area contributed by atoms with Crippen LogP contribution in [0.15, 0.2) is 36.4 Å². The van der Waals surface area contributed by atoms with E-state index in [1.807, 2.05) is 23.1 Å². The molecule has 2 atom stereocenters. The summed E-state index contributed by atoms with van der Waals surface area (Å²) < 4.78 is 5.57. The number of fused-ring (bicyclic) bond motifs is 4. The summed E-state index contributed by atoms with van der Waals surface area (Å²) in [5.41, 5.74) is 2.59. The van der Waals surface area contributed by atoms with E-state index >= 15 is 0 Å². The largest absolute Gasteiger partial charge is 0.445 e. The third kappa shape index (κ3) is 4.74. The summed E-state index contributed by atoms with van der Waals surface area (Å²) in [6.45, 7) is 7.17. The third-order valence-electron chi connectivity index (χ3n) is 9.08. The maximum absolute atomic E-state index is 12.8. The van der Waals surface area contributed by atoms with Crippen LogP contribution < -0.4 is 4.90 Å². The van der Waals surface area contributed by atoms with Crippen LogP contribution in [0.25, 0.3) is 0 Å². The molecule has 2 amide bonds. The van der Waals surface area contributed by atoms with E-state index < -0.39 is 0 Å². The molecule has 4 aliphatic rings. The van der Waals surface area contributed by atoms with E-state index in [-0.39, 0.29) is 17.4 Å². The molecular formula is C29H41N3O3. The summed E-state index contributed by atoms with van der Waals surface area (Å²) >= 11 is 0. The van der Waals surface area contributed by atoms with Gasteiger partial charge in [-0.25, -0.2) is 4.79 Å². The fraction of sp³-hybridized carbons (Fsp3) is 0.655. The van der Waals surface area contributed by atoms with Gasteiger partial charge in [0.25, 0.3) is 0 Å². The standard InChI is InChI=1S/C29H41N3O3/c1-3-4-7-20-35-28(34)32-24-12-10-23(11-13-25(32)15-14-24)30-18-16-29(17-19-30)21-31(22(2)33)27-9-6-5-8-26(27)29/h4-9,23-25H,3,10-21H2,1-2H3. The molecule has 190 valence electrons. The van der Waals surface area contributed by atoms with Gasteiger partial charge in [-0.15, -0.1) is 0 Å². The molecule has 4 aliphatic heterocycles. The number of carbonyl (C=O) groups is 2. The summed E-state index contributed by atoms with van der Waals surface area (Å²) in [6, 6.07) is 9.78. The maximum Gasteiger partial charge on any atom is 0.410 e. The second-order valence-electron chi connectivity index (χ2n) is 11.0. The molecule has 1 aromatic rings. The van der Waals surface area contributed by atoms with Crippen LogP contribution in [0.3, 0.4) is 0 Å². The summed E-state index contributed by atoms with van der Waals surface area (Å²) in [4.78, 5) is 31.9. The van der Waals surface area contributed by atoms with Crippen LogP contribution in [-0.2, 0) is 14.9 Å². The zero-order valence-electron chi connectivity index (χ0n) is 21.5. The first-order chi connectivity index (χ1) is 17.0. The lowest BCUT2D eigenvalue weighted by molar-refractivity contribution is -0.116. The minimum atomic E-state index is -0.119. The minimum absolute atomic E-state index is 0.103. The number of allylic oxidation sites excluding steroid dienone is 1. The van der Waals surface area contributed by atoms with Crippen LogP contribution in [0.2, 0.25) is 0 Å². The number of carbonyl (C=O) groups excluding carboxylic acids is 2. The predicted octanol–water partition coefficient (Wildman–Crippen LogP) is 5.27. The Kier molecular flexibility index (Phi) is 7.19. The molecule has 3 saturated heterocycles. The third-order valence-corrected chi connectivity index (χ3v) is 9.08. The Morgan fingerprint density at radius 1 is 0.971 bits per heavy atom. The summed E-state index contributed by atoms with van der Waals surface area (Å²) in [6.07, 6.45) is 13.7. The number of likely N-dealkylation sites (tertiary alicyclic amines) is 1. The van der Waals surface area contributed by atoms with E-state index in [0.717, 1.165) is 83.1 Å². The highest BCUT2D eigenvalue weighted by Crippen LogP contribution is 2.47. The lowest BCUT2D eigenvalue weighted by Gasteiger charge is -2.44. The summed E-state index contributed by atoms with van der Waals surface area (Å²) in [7, 11) is 0. The summed E-state index contributed by atoms with van der Waals surface area (Å²) in [5, 5.41) is 0. The molecular weight excluding hydrogens is 438 g/mol. The first-order valence-electron chi connectivity index (χ1n) is 13.7. The molecule has 6 heteroatoms. The zero-order valence-corrected chi connectivity index (χ0v) is 21.5. The zero-order chi connectivity index (χ0) is 24.4. The number of piperidine rings is 1. The van der Waals surface area contributed by atoms with Crippen LogP contribution in [0.4, 0.5) is 10.5 Å². The Morgan fingerprint density at radius 3 is 2.23 bits per heavy atom. The number of ether oxygens (including phenoxy) is 1. The number of para-hydroxylation sites is 1. The van der Waals surface area contributed by atoms with Gasteiger partial charge in [0.15, 0.2) is 0 Å². The van der Waals surface area contributed by atoms with Crippen LogP contribution in [-0.4, -0.2) is 66.2 Å². The molecule has 0 aliphatic carbocycles. The van der Waals surface area contributed by atoms with E-state index in [1.54, 1.807) is 6.92 Å². The van der Waals surface area contributed by atoms with Crippen LogP contribution >= 0.6 is 0 Å². The van der Waals surface area contributed by atoms with E-state index in [9.17, 15) is 9.59 Å². The predicted molar refractivity (Wildman–Crippen MR) is 139 cm³/mol. The Bertz CT molecular complexity index is 936. The Morgan fingerprint density at radius 2 is 1.60 bits per heavy atom. The second kappa shape index (κ2) is 10.3. The fourth-order valence-corrected chi connectivity index (χ4v) is 7.19. The van der Waals surface area contributed by atoms with Crippen molar-refractivity contribution in [3.63, 3.8) is 0 Å². The van der Waals surface area contributed by atoms with Gasteiger partial charge in [0.2, 0.25) is 5.91 Å². The number of amides is 2. The van der Waals surface area contributed by atoms with Gasteiger partial charge in [-0.1, -0.05) is 37.3 Å².